The number of aliphatic hydroxyl groups excluding tert-OH is 1. The first-order valence-corrected chi connectivity index (χ1v) is 6.74. The third-order valence-corrected chi connectivity index (χ3v) is 3.17. The Kier molecular flexibility index (Phi) is 4.02. The van der Waals surface area contributed by atoms with Gasteiger partial charge in [0.25, 0.3) is 5.69 Å². The van der Waals surface area contributed by atoms with Crippen LogP contribution in [0, 0.1) is 10.1 Å². The SMILES string of the molecule is O=[N+]([O-])c1cccc([C@@H](O)Cn2nnc(-c3cccnc3)n2)c1. The summed E-state index contributed by atoms with van der Waals surface area (Å²) in [6.07, 6.45) is 2.27. The number of pyridine rings is 1. The number of benzene rings is 1. The highest BCUT2D eigenvalue weighted by atomic mass is 16.6. The molecule has 0 spiro atoms. The van der Waals surface area contributed by atoms with Gasteiger partial charge < -0.3 is 5.11 Å². The maximum Gasteiger partial charge on any atom is 0.269 e. The van der Waals surface area contributed by atoms with Crippen molar-refractivity contribution in [3.63, 3.8) is 0 Å². The van der Waals surface area contributed by atoms with Crippen LogP contribution >= 0.6 is 0 Å². The van der Waals surface area contributed by atoms with E-state index in [-0.39, 0.29) is 12.2 Å². The number of aromatic nitrogens is 5. The molecule has 9 nitrogen and oxygen atoms in total. The van der Waals surface area contributed by atoms with Gasteiger partial charge in [-0.15, -0.1) is 10.2 Å². The van der Waals surface area contributed by atoms with Crippen molar-refractivity contribution in [2.24, 2.45) is 0 Å². The molecule has 0 bridgehead atoms. The molecule has 0 saturated carbocycles. The minimum atomic E-state index is -0.981. The molecule has 0 amide bonds. The molecule has 1 aromatic carbocycles. The Hall–Kier alpha value is -3.20. The quantitative estimate of drug-likeness (QED) is 0.558. The number of hydrogen-bond donors (Lipinski definition) is 1. The predicted octanol–water partition coefficient (Wildman–Crippen LogP) is 1.38. The van der Waals surface area contributed by atoms with E-state index in [9.17, 15) is 15.2 Å². The van der Waals surface area contributed by atoms with Gasteiger partial charge in [0.1, 0.15) is 6.10 Å². The highest BCUT2D eigenvalue weighted by Crippen LogP contribution is 2.20. The molecular formula is C14H12N6O3. The van der Waals surface area contributed by atoms with Crippen LogP contribution in [0.15, 0.2) is 48.8 Å². The maximum absolute atomic E-state index is 10.8. The van der Waals surface area contributed by atoms with Gasteiger partial charge in [-0.25, -0.2) is 0 Å². The largest absolute Gasteiger partial charge is 0.386 e. The highest BCUT2D eigenvalue weighted by molar-refractivity contribution is 5.51. The fourth-order valence-electron chi connectivity index (χ4n) is 2.04. The summed E-state index contributed by atoms with van der Waals surface area (Å²) in [5.41, 5.74) is 1.05. The molecule has 3 aromatic rings. The molecule has 2 heterocycles. The van der Waals surface area contributed by atoms with E-state index in [1.54, 1.807) is 30.6 Å². The first kappa shape index (κ1) is 14.7. The van der Waals surface area contributed by atoms with Crippen LogP contribution in [0.4, 0.5) is 5.69 Å². The van der Waals surface area contributed by atoms with Gasteiger partial charge in [0, 0.05) is 30.1 Å². The van der Waals surface area contributed by atoms with Crippen molar-refractivity contribution in [1.29, 1.82) is 0 Å². The van der Waals surface area contributed by atoms with Crippen LogP contribution in [0.25, 0.3) is 11.4 Å². The van der Waals surface area contributed by atoms with Gasteiger partial charge in [-0.05, 0) is 22.9 Å². The van der Waals surface area contributed by atoms with Crippen LogP contribution < -0.4 is 0 Å². The number of rotatable bonds is 5. The summed E-state index contributed by atoms with van der Waals surface area (Å²) >= 11 is 0. The van der Waals surface area contributed by atoms with E-state index in [1.807, 2.05) is 0 Å². The summed E-state index contributed by atoms with van der Waals surface area (Å²) in [7, 11) is 0. The standard InChI is InChI=1S/C14H12N6O3/c21-13(10-3-1-5-12(7-10)20(22)23)9-19-17-14(16-18-19)11-4-2-6-15-8-11/h1-8,13,21H,9H2/t13-/m0/s1. The van der Waals surface area contributed by atoms with Crippen LogP contribution in [-0.4, -0.2) is 35.2 Å². The van der Waals surface area contributed by atoms with Crippen LogP contribution in [0.2, 0.25) is 0 Å². The Balaban J connectivity index is 1.76. The van der Waals surface area contributed by atoms with Crippen molar-refractivity contribution in [3.05, 3.63) is 64.5 Å². The number of non-ortho nitro benzene ring substituents is 1. The molecule has 23 heavy (non-hydrogen) atoms. The van der Waals surface area contributed by atoms with E-state index >= 15 is 0 Å². The van der Waals surface area contributed by atoms with Crippen molar-refractivity contribution in [1.82, 2.24) is 25.2 Å². The van der Waals surface area contributed by atoms with Crippen LogP contribution in [0.5, 0.6) is 0 Å². The predicted molar refractivity (Wildman–Crippen MR) is 79.1 cm³/mol. The molecule has 1 atom stereocenters. The normalized spacial score (nSPS) is 12.0. The Morgan fingerprint density at radius 3 is 2.91 bits per heavy atom. The lowest BCUT2D eigenvalue weighted by Gasteiger charge is -2.09. The molecule has 0 fully saturated rings. The summed E-state index contributed by atoms with van der Waals surface area (Å²) in [6, 6.07) is 9.37. The first-order chi connectivity index (χ1) is 11.1. The second-order valence-corrected chi connectivity index (χ2v) is 4.78. The van der Waals surface area contributed by atoms with E-state index < -0.39 is 11.0 Å². The number of tetrazole rings is 1. The molecule has 1 N–H and O–H groups in total. The molecule has 2 aromatic heterocycles. The fourth-order valence-corrected chi connectivity index (χ4v) is 2.04. The summed E-state index contributed by atoms with van der Waals surface area (Å²) in [6.45, 7) is 0.0361. The van der Waals surface area contributed by atoms with Gasteiger partial charge >= 0.3 is 0 Å². The average molecular weight is 312 g/mol. The monoisotopic (exact) mass is 312 g/mol. The Morgan fingerprint density at radius 2 is 2.17 bits per heavy atom. The minimum absolute atomic E-state index is 0.0361. The fraction of sp³-hybridized carbons (Fsp3) is 0.143. The van der Waals surface area contributed by atoms with Gasteiger partial charge in [0.15, 0.2) is 0 Å². The molecule has 0 aliphatic rings. The third kappa shape index (κ3) is 3.35. The van der Waals surface area contributed by atoms with Crippen molar-refractivity contribution < 1.29 is 10.0 Å². The molecule has 0 unspecified atom stereocenters. The summed E-state index contributed by atoms with van der Waals surface area (Å²) in [5.74, 6) is 0.393. The van der Waals surface area contributed by atoms with Crippen molar-refractivity contribution in [2.45, 2.75) is 12.6 Å². The molecule has 0 radical (unpaired) electrons. The average Bonchev–Trinajstić information content (AvgIpc) is 3.04. The van der Waals surface area contributed by atoms with E-state index in [1.165, 1.54) is 23.0 Å². The van der Waals surface area contributed by atoms with E-state index in [4.69, 9.17) is 0 Å². The molecule has 3 rings (SSSR count). The lowest BCUT2D eigenvalue weighted by atomic mass is 10.1. The highest BCUT2D eigenvalue weighted by Gasteiger charge is 2.15. The van der Waals surface area contributed by atoms with Gasteiger partial charge in [-0.2, -0.15) is 4.80 Å². The zero-order valence-corrected chi connectivity index (χ0v) is 11.9. The zero-order valence-electron chi connectivity index (χ0n) is 11.9. The van der Waals surface area contributed by atoms with Crippen molar-refractivity contribution in [3.8, 4) is 11.4 Å². The lowest BCUT2D eigenvalue weighted by molar-refractivity contribution is -0.385. The molecule has 0 aliphatic heterocycles. The molecule has 0 saturated heterocycles. The topological polar surface area (TPSA) is 120 Å². The number of hydrogen-bond acceptors (Lipinski definition) is 7. The lowest BCUT2D eigenvalue weighted by Crippen LogP contribution is -2.11. The molecule has 0 aliphatic carbocycles. The van der Waals surface area contributed by atoms with Crippen molar-refractivity contribution in [2.75, 3.05) is 0 Å². The summed E-state index contributed by atoms with van der Waals surface area (Å²) < 4.78 is 0. The minimum Gasteiger partial charge on any atom is -0.386 e. The molecule has 9 heteroatoms. The van der Waals surface area contributed by atoms with E-state index in [2.05, 4.69) is 20.4 Å². The van der Waals surface area contributed by atoms with Gasteiger partial charge in [-0.3, -0.25) is 15.1 Å². The summed E-state index contributed by atoms with van der Waals surface area (Å²) in [4.78, 5) is 15.5. The Morgan fingerprint density at radius 1 is 1.30 bits per heavy atom. The van der Waals surface area contributed by atoms with E-state index in [0.29, 0.717) is 17.0 Å². The number of nitro groups is 1. The Bertz CT molecular complexity index is 820. The smallest absolute Gasteiger partial charge is 0.269 e. The van der Waals surface area contributed by atoms with Crippen LogP contribution in [0.3, 0.4) is 0 Å². The number of nitro benzene ring substituents is 1. The number of aliphatic hydroxyl groups is 1. The first-order valence-electron chi connectivity index (χ1n) is 6.74. The van der Waals surface area contributed by atoms with Crippen LogP contribution in [0.1, 0.15) is 11.7 Å². The Labute approximate surface area is 130 Å². The third-order valence-electron chi connectivity index (χ3n) is 3.17. The molecule has 116 valence electrons. The maximum atomic E-state index is 10.8. The summed E-state index contributed by atoms with van der Waals surface area (Å²) in [5, 5.41) is 32.9. The second kappa shape index (κ2) is 6.28. The molecular weight excluding hydrogens is 300 g/mol. The second-order valence-electron chi connectivity index (χ2n) is 4.78. The van der Waals surface area contributed by atoms with Gasteiger partial charge in [0.05, 0.1) is 11.5 Å². The van der Waals surface area contributed by atoms with Gasteiger partial charge in [0.2, 0.25) is 5.82 Å². The van der Waals surface area contributed by atoms with E-state index in [0.717, 1.165) is 0 Å². The number of nitrogens with zero attached hydrogens (tertiary/aromatic N) is 6. The zero-order chi connectivity index (χ0) is 16.2. The van der Waals surface area contributed by atoms with Crippen molar-refractivity contribution >= 4 is 5.69 Å². The van der Waals surface area contributed by atoms with Crippen LogP contribution in [-0.2, 0) is 6.54 Å². The van der Waals surface area contributed by atoms with Gasteiger partial charge in [-0.1, -0.05) is 12.1 Å².